The van der Waals surface area contributed by atoms with Crippen LogP contribution in [0.1, 0.15) is 58.1 Å². The summed E-state index contributed by atoms with van der Waals surface area (Å²) in [6.45, 7) is 8.14. The number of hydrogen-bond donors (Lipinski definition) is 1. The average Bonchev–Trinajstić information content (AvgIpc) is 3.29. The Kier molecular flexibility index (Phi) is 5.85. The van der Waals surface area contributed by atoms with E-state index in [1.807, 2.05) is 58.0 Å². The zero-order chi connectivity index (χ0) is 25.2. The van der Waals surface area contributed by atoms with Gasteiger partial charge in [-0.05, 0) is 52.5 Å². The van der Waals surface area contributed by atoms with E-state index in [1.54, 1.807) is 0 Å². The molecule has 9 heteroatoms. The fraction of sp³-hybridized carbons (Fsp3) is 0.500. The third-order valence-corrected chi connectivity index (χ3v) is 8.48. The molecule has 2 fully saturated rings. The molecule has 2 unspecified atom stereocenters. The van der Waals surface area contributed by atoms with Gasteiger partial charge in [0.1, 0.15) is 11.6 Å². The van der Waals surface area contributed by atoms with Gasteiger partial charge in [-0.3, -0.25) is 0 Å². The predicted molar refractivity (Wildman–Crippen MR) is 132 cm³/mol. The number of piperidine rings is 1. The molecule has 0 aliphatic carbocycles. The van der Waals surface area contributed by atoms with Crippen molar-refractivity contribution in [3.8, 4) is 5.75 Å². The largest absolute Gasteiger partial charge is 0.496 e. The number of rotatable bonds is 3. The summed E-state index contributed by atoms with van der Waals surface area (Å²) < 4.78 is 34.3. The number of benzene rings is 2. The Balaban J connectivity index is 1.66. The van der Waals surface area contributed by atoms with E-state index in [-0.39, 0.29) is 5.02 Å². The molecule has 0 radical (unpaired) electrons. The molecule has 186 valence electrons. The molecule has 2 aromatic carbocycles. The molecule has 2 atom stereocenters. The SMILES string of the molecule is CC1(C)OB(c2c(Cl)c(F)cc3c2CC(c2ccccc2)(C2CCCCN2C(=O)O)O3)OC1(C)C. The van der Waals surface area contributed by atoms with Crippen LogP contribution in [-0.4, -0.2) is 47.0 Å². The Hall–Kier alpha value is -2.29. The Bertz CT molecular complexity index is 1140. The minimum atomic E-state index is -1.03. The maximum atomic E-state index is 15.1. The van der Waals surface area contributed by atoms with Gasteiger partial charge in [0.15, 0.2) is 5.60 Å². The van der Waals surface area contributed by atoms with Gasteiger partial charge in [-0.2, -0.15) is 0 Å². The first-order chi connectivity index (χ1) is 16.5. The quantitative estimate of drug-likeness (QED) is 0.590. The molecule has 1 amide bonds. The smallest absolute Gasteiger partial charge is 0.480 e. The molecule has 3 aliphatic heterocycles. The van der Waals surface area contributed by atoms with E-state index in [0.29, 0.717) is 36.2 Å². The predicted octanol–water partition coefficient (Wildman–Crippen LogP) is 5.14. The Labute approximate surface area is 210 Å². The van der Waals surface area contributed by atoms with E-state index in [1.165, 1.54) is 11.0 Å². The molecule has 0 saturated carbocycles. The number of hydrogen-bond acceptors (Lipinski definition) is 4. The Morgan fingerprint density at radius 1 is 1.14 bits per heavy atom. The number of amides is 1. The van der Waals surface area contributed by atoms with Gasteiger partial charge in [-0.1, -0.05) is 41.9 Å². The number of carbonyl (C=O) groups is 1. The number of fused-ring (bicyclic) bond motifs is 1. The highest BCUT2D eigenvalue weighted by molar-refractivity contribution is 6.66. The maximum absolute atomic E-state index is 15.1. The van der Waals surface area contributed by atoms with Gasteiger partial charge >= 0.3 is 13.2 Å². The van der Waals surface area contributed by atoms with E-state index in [9.17, 15) is 9.90 Å². The molecule has 0 bridgehead atoms. The van der Waals surface area contributed by atoms with Crippen molar-refractivity contribution in [2.24, 2.45) is 0 Å². The number of nitrogens with zero attached hydrogens (tertiary/aromatic N) is 1. The topological polar surface area (TPSA) is 68.2 Å². The lowest BCUT2D eigenvalue weighted by Gasteiger charge is -2.45. The lowest BCUT2D eigenvalue weighted by molar-refractivity contribution is -0.0252. The monoisotopic (exact) mass is 501 g/mol. The van der Waals surface area contributed by atoms with Crippen molar-refractivity contribution >= 4 is 30.3 Å². The molecule has 1 N–H and O–H groups in total. The first kappa shape index (κ1) is 24.4. The van der Waals surface area contributed by atoms with E-state index in [4.69, 9.17) is 25.6 Å². The highest BCUT2D eigenvalue weighted by Crippen LogP contribution is 2.49. The van der Waals surface area contributed by atoms with Crippen molar-refractivity contribution in [1.82, 2.24) is 4.90 Å². The minimum Gasteiger partial charge on any atom is -0.480 e. The summed E-state index contributed by atoms with van der Waals surface area (Å²) in [4.78, 5) is 13.7. The summed E-state index contributed by atoms with van der Waals surface area (Å²) in [6, 6.07) is 10.4. The summed E-state index contributed by atoms with van der Waals surface area (Å²) in [5, 5.41) is 9.97. The first-order valence-electron chi connectivity index (χ1n) is 12.1. The average molecular weight is 502 g/mol. The third kappa shape index (κ3) is 3.81. The van der Waals surface area contributed by atoms with Crippen LogP contribution in [0.15, 0.2) is 36.4 Å². The molecule has 6 nitrogen and oxygen atoms in total. The van der Waals surface area contributed by atoms with Crippen LogP contribution in [0.5, 0.6) is 5.75 Å². The van der Waals surface area contributed by atoms with Crippen LogP contribution < -0.4 is 10.2 Å². The van der Waals surface area contributed by atoms with Gasteiger partial charge in [0.25, 0.3) is 0 Å². The van der Waals surface area contributed by atoms with Crippen molar-refractivity contribution in [3.63, 3.8) is 0 Å². The molecule has 3 aliphatic rings. The zero-order valence-electron chi connectivity index (χ0n) is 20.4. The summed E-state index contributed by atoms with van der Waals surface area (Å²) in [5.74, 6) is -0.283. The van der Waals surface area contributed by atoms with E-state index in [0.717, 1.165) is 18.4 Å². The Morgan fingerprint density at radius 2 is 1.80 bits per heavy atom. The van der Waals surface area contributed by atoms with Crippen molar-refractivity contribution in [3.05, 3.63) is 58.4 Å². The molecule has 3 heterocycles. The minimum absolute atomic E-state index is 0.0616. The standard InChI is InChI=1S/C26H30BClFNO5/c1-24(2)25(3,4)35-27(34-24)21-17-15-26(16-10-6-5-7-11-16,33-19(17)14-18(29)22(21)28)20-12-8-9-13-30(20)23(31)32/h5-7,10-11,14,20H,8-9,12-13,15H2,1-4H3,(H,31,32). The van der Waals surface area contributed by atoms with E-state index < -0.39 is 41.9 Å². The zero-order valence-corrected chi connectivity index (χ0v) is 21.2. The van der Waals surface area contributed by atoms with Gasteiger partial charge in [0.05, 0.1) is 22.3 Å². The van der Waals surface area contributed by atoms with Gasteiger partial charge in [0, 0.05) is 30.1 Å². The third-order valence-electron chi connectivity index (χ3n) is 8.10. The molecule has 2 saturated heterocycles. The summed E-state index contributed by atoms with van der Waals surface area (Å²) in [5.41, 5.74) is -0.367. The lowest BCUT2D eigenvalue weighted by Crippen LogP contribution is -2.57. The van der Waals surface area contributed by atoms with Crippen molar-refractivity contribution in [1.29, 1.82) is 0 Å². The van der Waals surface area contributed by atoms with Gasteiger partial charge in [-0.25, -0.2) is 9.18 Å². The van der Waals surface area contributed by atoms with Gasteiger partial charge in [-0.15, -0.1) is 0 Å². The number of ether oxygens (including phenoxy) is 1. The first-order valence-corrected chi connectivity index (χ1v) is 12.5. The second-order valence-electron chi connectivity index (χ2n) is 10.7. The Morgan fingerprint density at radius 3 is 2.43 bits per heavy atom. The van der Waals surface area contributed by atoms with Gasteiger partial charge in [0.2, 0.25) is 0 Å². The summed E-state index contributed by atoms with van der Waals surface area (Å²) in [6.07, 6.45) is 1.64. The molecule has 0 spiro atoms. The van der Waals surface area contributed by atoms with Crippen molar-refractivity contribution < 1.29 is 28.3 Å². The summed E-state index contributed by atoms with van der Waals surface area (Å²) >= 11 is 6.55. The van der Waals surface area contributed by atoms with E-state index in [2.05, 4.69) is 0 Å². The van der Waals surface area contributed by atoms with Crippen LogP contribution in [0.25, 0.3) is 0 Å². The second kappa shape index (κ2) is 8.39. The highest BCUT2D eigenvalue weighted by Gasteiger charge is 2.57. The van der Waals surface area contributed by atoms with Crippen LogP contribution in [0.3, 0.4) is 0 Å². The maximum Gasteiger partial charge on any atom is 0.496 e. The second-order valence-corrected chi connectivity index (χ2v) is 11.1. The lowest BCUT2D eigenvalue weighted by atomic mass is 9.71. The van der Waals surface area contributed by atoms with Crippen LogP contribution in [0.4, 0.5) is 9.18 Å². The van der Waals surface area contributed by atoms with Crippen molar-refractivity contribution in [2.75, 3.05) is 6.54 Å². The fourth-order valence-electron chi connectivity index (χ4n) is 5.54. The molecule has 35 heavy (non-hydrogen) atoms. The number of halogens is 2. The molecule has 2 aromatic rings. The number of likely N-dealkylation sites (tertiary alicyclic amines) is 1. The molecule has 5 rings (SSSR count). The fourth-order valence-corrected chi connectivity index (χ4v) is 5.80. The molecular formula is C26H30BClFNO5. The van der Waals surface area contributed by atoms with Crippen LogP contribution in [0, 0.1) is 5.82 Å². The van der Waals surface area contributed by atoms with E-state index >= 15 is 4.39 Å². The number of carboxylic acid groups (broad SMARTS) is 1. The van der Waals surface area contributed by atoms with Crippen molar-refractivity contribution in [2.45, 2.75) is 76.2 Å². The molecular weight excluding hydrogens is 472 g/mol. The van der Waals surface area contributed by atoms with Gasteiger partial charge < -0.3 is 24.1 Å². The van der Waals surface area contributed by atoms with Crippen LogP contribution in [-0.2, 0) is 21.3 Å². The normalized spacial score (nSPS) is 27.0. The van der Waals surface area contributed by atoms with Crippen LogP contribution in [0.2, 0.25) is 5.02 Å². The summed E-state index contributed by atoms with van der Waals surface area (Å²) in [7, 11) is -0.881. The highest BCUT2D eigenvalue weighted by atomic mass is 35.5. The molecule has 0 aromatic heterocycles. The van der Waals surface area contributed by atoms with Crippen LogP contribution >= 0.6 is 11.6 Å².